The summed E-state index contributed by atoms with van der Waals surface area (Å²) in [6.45, 7) is 1.74. The second-order valence-electron chi connectivity index (χ2n) is 5.21. The Morgan fingerprint density at radius 2 is 2.00 bits per heavy atom. The first kappa shape index (κ1) is 16.2. The van der Waals surface area contributed by atoms with Crippen LogP contribution in [0.1, 0.15) is 28.0 Å². The first-order chi connectivity index (χ1) is 10.5. The predicted octanol–water partition coefficient (Wildman–Crippen LogP) is 2.53. The van der Waals surface area contributed by atoms with E-state index < -0.39 is 11.9 Å². The molecular formula is C16H18N2O3S. The Hall–Kier alpha value is -2.21. The number of carboxylic acid groups (broad SMARTS) is 1. The van der Waals surface area contributed by atoms with E-state index >= 15 is 0 Å². The first-order valence-corrected chi connectivity index (χ1v) is 7.82. The highest BCUT2D eigenvalue weighted by molar-refractivity contribution is 7.09. The number of carbonyl (C=O) groups excluding carboxylic acids is 1. The lowest BCUT2D eigenvalue weighted by atomic mass is 10.1. The van der Waals surface area contributed by atoms with Crippen LogP contribution in [0.15, 0.2) is 35.7 Å². The van der Waals surface area contributed by atoms with Crippen molar-refractivity contribution in [1.29, 1.82) is 0 Å². The molecule has 2 aromatic rings. The number of benzene rings is 1. The molecule has 22 heavy (non-hydrogen) atoms. The minimum absolute atomic E-state index is 0.166. The number of nitrogens with zero attached hydrogens (tertiary/aromatic N) is 2. The molecular weight excluding hydrogens is 300 g/mol. The molecule has 0 aliphatic heterocycles. The molecule has 1 amide bonds. The van der Waals surface area contributed by atoms with Gasteiger partial charge in [0.05, 0.1) is 10.9 Å². The summed E-state index contributed by atoms with van der Waals surface area (Å²) in [7, 11) is 1.60. The van der Waals surface area contributed by atoms with Crippen LogP contribution in [0.5, 0.6) is 0 Å². The lowest BCUT2D eigenvalue weighted by Crippen LogP contribution is -2.33. The number of hydrogen-bond acceptors (Lipinski definition) is 4. The van der Waals surface area contributed by atoms with E-state index in [1.807, 2.05) is 30.3 Å². The Bertz CT molecular complexity index is 654. The van der Waals surface area contributed by atoms with Crippen molar-refractivity contribution in [3.63, 3.8) is 0 Å². The van der Waals surface area contributed by atoms with Crippen molar-refractivity contribution < 1.29 is 14.7 Å². The van der Waals surface area contributed by atoms with E-state index in [1.54, 1.807) is 19.4 Å². The summed E-state index contributed by atoms with van der Waals surface area (Å²) in [5.74, 6) is -1.76. The highest BCUT2D eigenvalue weighted by atomic mass is 32.1. The number of aromatic nitrogens is 1. The number of aliphatic carboxylic acids is 1. The Morgan fingerprint density at radius 3 is 2.64 bits per heavy atom. The minimum Gasteiger partial charge on any atom is -0.481 e. The molecule has 116 valence electrons. The van der Waals surface area contributed by atoms with Gasteiger partial charge in [-0.05, 0) is 5.56 Å². The number of hydrogen-bond donors (Lipinski definition) is 1. The molecule has 0 fully saturated rings. The maximum atomic E-state index is 12.2. The monoisotopic (exact) mass is 318 g/mol. The molecule has 0 radical (unpaired) electrons. The van der Waals surface area contributed by atoms with E-state index in [9.17, 15) is 9.59 Å². The summed E-state index contributed by atoms with van der Waals surface area (Å²) in [6, 6.07) is 9.93. The standard InChI is InChI=1S/C16H18N2O3S/c1-11(16(20)21)9-18(2)15(19)13-10-22-14(17-13)8-12-6-4-3-5-7-12/h3-7,10-11H,8-9H2,1-2H3,(H,20,21). The quantitative estimate of drug-likeness (QED) is 0.888. The van der Waals surface area contributed by atoms with Crippen molar-refractivity contribution >= 4 is 23.2 Å². The second-order valence-corrected chi connectivity index (χ2v) is 6.16. The fourth-order valence-corrected chi connectivity index (χ4v) is 2.83. The molecule has 0 bridgehead atoms. The van der Waals surface area contributed by atoms with Crippen LogP contribution >= 0.6 is 11.3 Å². The van der Waals surface area contributed by atoms with Crippen molar-refractivity contribution in [3.8, 4) is 0 Å². The zero-order chi connectivity index (χ0) is 16.1. The number of carbonyl (C=O) groups is 2. The topological polar surface area (TPSA) is 70.5 Å². The third kappa shape index (κ3) is 4.14. The van der Waals surface area contributed by atoms with E-state index in [0.717, 1.165) is 10.6 Å². The largest absolute Gasteiger partial charge is 0.481 e. The maximum Gasteiger partial charge on any atom is 0.308 e. The highest BCUT2D eigenvalue weighted by Gasteiger charge is 2.20. The van der Waals surface area contributed by atoms with Gasteiger partial charge >= 0.3 is 5.97 Å². The number of rotatable bonds is 6. The number of thiazole rings is 1. The van der Waals surface area contributed by atoms with Crippen LogP contribution < -0.4 is 0 Å². The third-order valence-electron chi connectivity index (χ3n) is 3.29. The van der Waals surface area contributed by atoms with Crippen LogP contribution in [-0.2, 0) is 11.2 Å². The Balaban J connectivity index is 2.01. The van der Waals surface area contributed by atoms with Crippen molar-refractivity contribution in [3.05, 3.63) is 52.0 Å². The Labute approximate surface area is 133 Å². The van der Waals surface area contributed by atoms with E-state index in [1.165, 1.54) is 16.2 Å². The fraction of sp³-hybridized carbons (Fsp3) is 0.312. The molecule has 0 spiro atoms. The van der Waals surface area contributed by atoms with Gasteiger partial charge in [-0.2, -0.15) is 0 Å². The summed E-state index contributed by atoms with van der Waals surface area (Å²) in [6.07, 6.45) is 0.689. The molecule has 0 saturated heterocycles. The van der Waals surface area contributed by atoms with Gasteiger partial charge in [0.1, 0.15) is 5.69 Å². The average Bonchev–Trinajstić information content (AvgIpc) is 2.95. The molecule has 6 heteroatoms. The normalized spacial score (nSPS) is 11.9. The molecule has 0 aliphatic rings. The molecule has 0 saturated carbocycles. The maximum absolute atomic E-state index is 12.2. The average molecular weight is 318 g/mol. The lowest BCUT2D eigenvalue weighted by molar-refractivity contribution is -0.141. The smallest absolute Gasteiger partial charge is 0.308 e. The molecule has 1 N–H and O–H groups in total. The fourth-order valence-electron chi connectivity index (χ4n) is 2.03. The van der Waals surface area contributed by atoms with Crippen LogP contribution in [0.3, 0.4) is 0 Å². The molecule has 1 heterocycles. The molecule has 5 nitrogen and oxygen atoms in total. The van der Waals surface area contributed by atoms with Crippen LogP contribution in [0.2, 0.25) is 0 Å². The molecule has 2 rings (SSSR count). The summed E-state index contributed by atoms with van der Waals surface area (Å²) in [4.78, 5) is 28.9. The van der Waals surface area contributed by atoms with Gasteiger partial charge < -0.3 is 10.0 Å². The van der Waals surface area contributed by atoms with Crippen LogP contribution in [0, 0.1) is 5.92 Å². The SMILES string of the molecule is CC(CN(C)C(=O)c1csc(Cc2ccccc2)n1)C(=O)O. The molecule has 1 atom stereocenters. The zero-order valence-electron chi connectivity index (χ0n) is 12.5. The van der Waals surface area contributed by atoms with Crippen molar-refractivity contribution in [2.24, 2.45) is 5.92 Å². The van der Waals surface area contributed by atoms with E-state index in [-0.39, 0.29) is 12.5 Å². The lowest BCUT2D eigenvalue weighted by Gasteiger charge is -2.18. The summed E-state index contributed by atoms with van der Waals surface area (Å²) in [5.41, 5.74) is 1.51. The first-order valence-electron chi connectivity index (χ1n) is 6.94. The summed E-state index contributed by atoms with van der Waals surface area (Å²) < 4.78 is 0. The van der Waals surface area contributed by atoms with Gasteiger partial charge in [0.15, 0.2) is 0 Å². The Kier molecular flexibility index (Phi) is 5.27. The van der Waals surface area contributed by atoms with Crippen LogP contribution in [0.25, 0.3) is 0 Å². The van der Waals surface area contributed by atoms with E-state index in [4.69, 9.17) is 5.11 Å². The van der Waals surface area contributed by atoms with E-state index in [0.29, 0.717) is 12.1 Å². The van der Waals surface area contributed by atoms with Crippen molar-refractivity contribution in [1.82, 2.24) is 9.88 Å². The zero-order valence-corrected chi connectivity index (χ0v) is 13.3. The van der Waals surface area contributed by atoms with Crippen molar-refractivity contribution in [2.75, 3.05) is 13.6 Å². The van der Waals surface area contributed by atoms with Gasteiger partial charge in [-0.25, -0.2) is 4.98 Å². The minimum atomic E-state index is -0.914. The number of amides is 1. The summed E-state index contributed by atoms with van der Waals surface area (Å²) in [5, 5.41) is 11.5. The molecule has 0 aliphatic carbocycles. The van der Waals surface area contributed by atoms with Gasteiger partial charge in [-0.3, -0.25) is 9.59 Å². The predicted molar refractivity (Wildman–Crippen MR) is 85.1 cm³/mol. The van der Waals surface area contributed by atoms with Gasteiger partial charge in [0.2, 0.25) is 0 Å². The number of carboxylic acids is 1. The van der Waals surface area contributed by atoms with Crippen LogP contribution in [0.4, 0.5) is 0 Å². The summed E-state index contributed by atoms with van der Waals surface area (Å²) >= 11 is 1.44. The van der Waals surface area contributed by atoms with Crippen LogP contribution in [-0.4, -0.2) is 40.5 Å². The van der Waals surface area contributed by atoms with Gasteiger partial charge in [-0.15, -0.1) is 11.3 Å². The Morgan fingerprint density at radius 1 is 1.32 bits per heavy atom. The molecule has 1 aromatic carbocycles. The van der Waals surface area contributed by atoms with Crippen molar-refractivity contribution in [2.45, 2.75) is 13.3 Å². The molecule has 1 aromatic heterocycles. The van der Waals surface area contributed by atoms with Gasteiger partial charge in [0, 0.05) is 25.4 Å². The molecule has 1 unspecified atom stereocenters. The van der Waals surface area contributed by atoms with E-state index in [2.05, 4.69) is 4.98 Å². The van der Waals surface area contributed by atoms with Gasteiger partial charge in [-0.1, -0.05) is 37.3 Å². The van der Waals surface area contributed by atoms with Gasteiger partial charge in [0.25, 0.3) is 5.91 Å². The second kappa shape index (κ2) is 7.17. The highest BCUT2D eigenvalue weighted by Crippen LogP contribution is 2.16. The third-order valence-corrected chi connectivity index (χ3v) is 4.13.